The molecule has 2 N–H and O–H groups in total. The zero-order valence-electron chi connectivity index (χ0n) is 10.2. The second-order valence-electron chi connectivity index (χ2n) is 5.46. The number of nitrogens with zero attached hydrogens (tertiary/aromatic N) is 1. The molecule has 3 atom stereocenters. The van der Waals surface area contributed by atoms with Crippen LogP contribution in [0.15, 0.2) is 0 Å². The fourth-order valence-electron chi connectivity index (χ4n) is 2.61. The van der Waals surface area contributed by atoms with Crippen molar-refractivity contribution in [3.63, 3.8) is 0 Å². The molecule has 0 saturated carbocycles. The van der Waals surface area contributed by atoms with Gasteiger partial charge >= 0.3 is 0 Å². The van der Waals surface area contributed by atoms with Gasteiger partial charge in [-0.3, -0.25) is 4.79 Å². The molecule has 0 bridgehead atoms. The maximum Gasteiger partial charge on any atom is 0.226 e. The number of hydrogen-bond acceptors (Lipinski definition) is 3. The number of ether oxygens (including phenoxy) is 1. The van der Waals surface area contributed by atoms with Crippen molar-refractivity contribution in [3.05, 3.63) is 0 Å². The van der Waals surface area contributed by atoms with Gasteiger partial charge in [-0.25, -0.2) is 0 Å². The Labute approximate surface area is 97.1 Å². The summed E-state index contributed by atoms with van der Waals surface area (Å²) in [6.45, 7) is 7.23. The van der Waals surface area contributed by atoms with Crippen molar-refractivity contribution in [1.29, 1.82) is 0 Å². The zero-order valence-corrected chi connectivity index (χ0v) is 10.2. The Hall–Kier alpha value is -0.610. The average Bonchev–Trinajstić information content (AvgIpc) is 2.87. The fraction of sp³-hybridized carbons (Fsp3) is 0.917. The first-order valence-corrected chi connectivity index (χ1v) is 6.16. The van der Waals surface area contributed by atoms with Crippen molar-refractivity contribution >= 4 is 5.91 Å². The van der Waals surface area contributed by atoms with E-state index in [4.69, 9.17) is 10.5 Å². The van der Waals surface area contributed by atoms with Crippen LogP contribution in [0.25, 0.3) is 0 Å². The minimum Gasteiger partial charge on any atom is -0.381 e. The van der Waals surface area contributed by atoms with Crippen LogP contribution in [-0.2, 0) is 9.53 Å². The SMILES string of the molecule is CC(N)C(C)C(=O)N1CCC2(CCOC2)C1. The Morgan fingerprint density at radius 2 is 2.19 bits per heavy atom. The van der Waals surface area contributed by atoms with Gasteiger partial charge in [0.2, 0.25) is 5.91 Å². The van der Waals surface area contributed by atoms with Crippen LogP contribution in [0, 0.1) is 11.3 Å². The first-order chi connectivity index (χ1) is 7.54. The van der Waals surface area contributed by atoms with Gasteiger partial charge in [0.25, 0.3) is 0 Å². The molecule has 0 aromatic heterocycles. The molecule has 2 saturated heterocycles. The highest BCUT2D eigenvalue weighted by atomic mass is 16.5. The summed E-state index contributed by atoms with van der Waals surface area (Å²) in [6, 6.07) is -0.0659. The Balaban J connectivity index is 1.95. The molecule has 92 valence electrons. The first kappa shape index (κ1) is 11.9. The summed E-state index contributed by atoms with van der Waals surface area (Å²) in [5.41, 5.74) is 6.03. The lowest BCUT2D eigenvalue weighted by atomic mass is 9.87. The third kappa shape index (κ3) is 2.09. The Morgan fingerprint density at radius 3 is 2.75 bits per heavy atom. The lowest BCUT2D eigenvalue weighted by molar-refractivity contribution is -0.134. The minimum atomic E-state index is -0.0718. The maximum absolute atomic E-state index is 12.1. The average molecular weight is 226 g/mol. The monoisotopic (exact) mass is 226 g/mol. The largest absolute Gasteiger partial charge is 0.381 e. The molecule has 1 amide bonds. The highest BCUT2D eigenvalue weighted by molar-refractivity contribution is 5.79. The summed E-state index contributed by atoms with van der Waals surface area (Å²) in [7, 11) is 0. The third-order valence-electron chi connectivity index (χ3n) is 4.11. The van der Waals surface area contributed by atoms with Crippen LogP contribution < -0.4 is 5.73 Å². The Bertz CT molecular complexity index is 272. The molecule has 0 radical (unpaired) electrons. The van der Waals surface area contributed by atoms with E-state index in [0.29, 0.717) is 0 Å². The van der Waals surface area contributed by atoms with E-state index >= 15 is 0 Å². The number of nitrogens with two attached hydrogens (primary N) is 1. The predicted octanol–water partition coefficient (Wildman–Crippen LogP) is 0.609. The number of hydrogen-bond donors (Lipinski definition) is 1. The van der Waals surface area contributed by atoms with Crippen LogP contribution in [0.1, 0.15) is 26.7 Å². The summed E-state index contributed by atoms with van der Waals surface area (Å²) in [5, 5.41) is 0. The molecule has 2 fully saturated rings. The van der Waals surface area contributed by atoms with Crippen LogP contribution in [0.4, 0.5) is 0 Å². The summed E-state index contributed by atoms with van der Waals surface area (Å²) in [5.74, 6) is 0.135. The molecular weight excluding hydrogens is 204 g/mol. The molecule has 2 heterocycles. The highest BCUT2D eigenvalue weighted by Crippen LogP contribution is 2.38. The third-order valence-corrected chi connectivity index (χ3v) is 4.11. The van der Waals surface area contributed by atoms with E-state index in [1.807, 2.05) is 18.7 Å². The summed E-state index contributed by atoms with van der Waals surface area (Å²) in [6.07, 6.45) is 2.19. The summed E-state index contributed by atoms with van der Waals surface area (Å²) >= 11 is 0. The van der Waals surface area contributed by atoms with E-state index in [0.717, 1.165) is 39.1 Å². The van der Waals surface area contributed by atoms with Crippen LogP contribution in [-0.4, -0.2) is 43.2 Å². The summed E-state index contributed by atoms with van der Waals surface area (Å²) in [4.78, 5) is 14.1. The number of carbonyl (C=O) groups excluding carboxylic acids is 1. The molecule has 0 aromatic rings. The van der Waals surface area contributed by atoms with Crippen LogP contribution in [0.5, 0.6) is 0 Å². The van der Waals surface area contributed by atoms with Gasteiger partial charge in [-0.05, 0) is 19.8 Å². The van der Waals surface area contributed by atoms with Gasteiger partial charge in [-0.1, -0.05) is 6.92 Å². The van der Waals surface area contributed by atoms with E-state index < -0.39 is 0 Å². The molecule has 0 aliphatic carbocycles. The van der Waals surface area contributed by atoms with Gasteiger partial charge in [-0.15, -0.1) is 0 Å². The van der Waals surface area contributed by atoms with Crippen molar-refractivity contribution in [2.45, 2.75) is 32.7 Å². The molecule has 1 spiro atoms. The standard InChI is InChI=1S/C12H22N2O2/c1-9(10(2)13)11(15)14-5-3-12(7-14)4-6-16-8-12/h9-10H,3-8,13H2,1-2H3. The number of carbonyl (C=O) groups is 1. The fourth-order valence-corrected chi connectivity index (χ4v) is 2.61. The van der Waals surface area contributed by atoms with Gasteiger partial charge in [-0.2, -0.15) is 0 Å². The zero-order chi connectivity index (χ0) is 11.8. The molecule has 3 unspecified atom stereocenters. The van der Waals surface area contributed by atoms with Crippen molar-refractivity contribution in [2.24, 2.45) is 17.1 Å². The van der Waals surface area contributed by atoms with E-state index in [-0.39, 0.29) is 23.3 Å². The molecule has 0 aromatic carbocycles. The second kappa shape index (κ2) is 4.34. The van der Waals surface area contributed by atoms with E-state index in [1.54, 1.807) is 0 Å². The Morgan fingerprint density at radius 1 is 1.44 bits per heavy atom. The molecule has 4 nitrogen and oxygen atoms in total. The lowest BCUT2D eigenvalue weighted by Gasteiger charge is -2.25. The normalized spacial score (nSPS) is 33.3. The van der Waals surface area contributed by atoms with E-state index in [9.17, 15) is 4.79 Å². The molecular formula is C12H22N2O2. The first-order valence-electron chi connectivity index (χ1n) is 6.16. The topological polar surface area (TPSA) is 55.6 Å². The quantitative estimate of drug-likeness (QED) is 0.750. The highest BCUT2D eigenvalue weighted by Gasteiger charge is 2.43. The maximum atomic E-state index is 12.1. The molecule has 2 rings (SSSR count). The second-order valence-corrected chi connectivity index (χ2v) is 5.46. The van der Waals surface area contributed by atoms with E-state index in [2.05, 4.69) is 0 Å². The minimum absolute atomic E-state index is 0.0659. The van der Waals surface area contributed by atoms with Crippen molar-refractivity contribution in [2.75, 3.05) is 26.3 Å². The molecule has 2 aliphatic rings. The van der Waals surface area contributed by atoms with Gasteiger partial charge in [0, 0.05) is 31.2 Å². The van der Waals surface area contributed by atoms with Gasteiger partial charge in [0.15, 0.2) is 0 Å². The van der Waals surface area contributed by atoms with Gasteiger partial charge in [0.1, 0.15) is 0 Å². The lowest BCUT2D eigenvalue weighted by Crippen LogP contribution is -2.41. The smallest absolute Gasteiger partial charge is 0.226 e. The van der Waals surface area contributed by atoms with Crippen LogP contribution in [0.3, 0.4) is 0 Å². The van der Waals surface area contributed by atoms with Gasteiger partial charge < -0.3 is 15.4 Å². The van der Waals surface area contributed by atoms with Crippen molar-refractivity contribution < 1.29 is 9.53 Å². The number of likely N-dealkylation sites (tertiary alicyclic amines) is 1. The van der Waals surface area contributed by atoms with E-state index in [1.165, 1.54) is 0 Å². The van der Waals surface area contributed by atoms with Crippen LogP contribution >= 0.6 is 0 Å². The number of rotatable bonds is 2. The molecule has 2 aliphatic heterocycles. The number of amides is 1. The van der Waals surface area contributed by atoms with Crippen LogP contribution in [0.2, 0.25) is 0 Å². The van der Waals surface area contributed by atoms with Crippen molar-refractivity contribution in [3.8, 4) is 0 Å². The predicted molar refractivity (Wildman–Crippen MR) is 61.9 cm³/mol. The Kier molecular flexibility index (Phi) is 3.22. The molecule has 4 heteroatoms. The van der Waals surface area contributed by atoms with Gasteiger partial charge in [0.05, 0.1) is 12.5 Å². The van der Waals surface area contributed by atoms with Crippen molar-refractivity contribution in [1.82, 2.24) is 4.90 Å². The molecule has 16 heavy (non-hydrogen) atoms. The summed E-state index contributed by atoms with van der Waals surface area (Å²) < 4.78 is 5.46.